The molecule has 1 aliphatic carbocycles. The molecular weight excluding hydrogens is 608 g/mol. The molecule has 1 saturated carbocycles. The number of allylic oxidation sites excluding steroid dienone is 2. The fourth-order valence-electron chi connectivity index (χ4n) is 6.19. The van der Waals surface area contributed by atoms with Crippen molar-refractivity contribution in [2.45, 2.75) is 180 Å². The number of unbranched alkanes of at least 4 members (excludes halogenated alkanes) is 13. The van der Waals surface area contributed by atoms with E-state index in [-0.39, 0.29) is 49.6 Å². The molecule has 0 aromatic rings. The van der Waals surface area contributed by atoms with Crippen LogP contribution in [0.1, 0.15) is 162 Å². The highest BCUT2D eigenvalue weighted by atomic mass is 16.6. The van der Waals surface area contributed by atoms with Crippen molar-refractivity contribution in [1.82, 2.24) is 0 Å². The maximum Gasteiger partial charge on any atom is 0.305 e. The number of esters is 2. The molecule has 0 heterocycles. The van der Waals surface area contributed by atoms with E-state index in [1.807, 2.05) is 12.2 Å². The summed E-state index contributed by atoms with van der Waals surface area (Å²) in [4.78, 5) is 36.5. The fraction of sp³-hybridized carbons (Fsp3) is 0.825. The van der Waals surface area contributed by atoms with Gasteiger partial charge in [0.1, 0.15) is 25.1 Å². The molecule has 278 valence electrons. The highest BCUT2D eigenvalue weighted by Crippen LogP contribution is 2.33. The molecule has 0 bridgehead atoms. The lowest BCUT2D eigenvalue weighted by molar-refractivity contribution is -0.152. The molecule has 1 aliphatic rings. The average molecular weight is 679 g/mol. The first kappa shape index (κ1) is 44.0. The van der Waals surface area contributed by atoms with Crippen LogP contribution in [0.15, 0.2) is 24.3 Å². The lowest BCUT2D eigenvalue weighted by atomic mass is 9.90. The maximum absolute atomic E-state index is 12.4. The number of hydrogen-bond donors (Lipinski definition) is 3. The molecule has 5 atom stereocenters. The van der Waals surface area contributed by atoms with E-state index in [1.54, 1.807) is 12.2 Å². The monoisotopic (exact) mass is 679 g/mol. The lowest BCUT2D eigenvalue weighted by Gasteiger charge is -2.16. The van der Waals surface area contributed by atoms with E-state index in [2.05, 4.69) is 20.8 Å². The largest absolute Gasteiger partial charge is 0.463 e. The molecule has 0 spiro atoms. The highest BCUT2D eigenvalue weighted by molar-refractivity contribution is 5.84. The van der Waals surface area contributed by atoms with Crippen molar-refractivity contribution in [1.29, 1.82) is 0 Å². The van der Waals surface area contributed by atoms with Crippen LogP contribution in [0.3, 0.4) is 0 Å². The van der Waals surface area contributed by atoms with Gasteiger partial charge in [0.05, 0.1) is 12.2 Å². The van der Waals surface area contributed by atoms with Crippen LogP contribution in [0.5, 0.6) is 0 Å². The van der Waals surface area contributed by atoms with Gasteiger partial charge in [-0.05, 0) is 38.0 Å². The number of Topliss-reactive ketones (excluding diaryl/α,β-unsaturated/α-hetero) is 1. The second-order valence-electron chi connectivity index (χ2n) is 14.3. The zero-order valence-corrected chi connectivity index (χ0v) is 30.6. The number of aliphatic hydroxyl groups is 3. The van der Waals surface area contributed by atoms with Crippen molar-refractivity contribution in [3.05, 3.63) is 24.3 Å². The molecule has 8 heteroatoms. The number of carbonyl (C=O) groups excluding carboxylic acids is 3. The summed E-state index contributed by atoms with van der Waals surface area (Å²) in [7, 11) is 0. The fourth-order valence-corrected chi connectivity index (χ4v) is 6.19. The summed E-state index contributed by atoms with van der Waals surface area (Å²) in [6, 6.07) is 0. The molecule has 0 aromatic heterocycles. The first-order chi connectivity index (χ1) is 23.1. The number of ether oxygens (including phenoxy) is 2. The Kier molecular flexibility index (Phi) is 26.4. The van der Waals surface area contributed by atoms with E-state index in [9.17, 15) is 29.7 Å². The van der Waals surface area contributed by atoms with Crippen LogP contribution in [0.25, 0.3) is 0 Å². The zero-order valence-electron chi connectivity index (χ0n) is 30.6. The maximum atomic E-state index is 12.4. The summed E-state index contributed by atoms with van der Waals surface area (Å²) in [5, 5.41) is 30.5. The molecule has 0 radical (unpaired) electrons. The normalized spacial score (nSPS) is 19.5. The van der Waals surface area contributed by atoms with Crippen LogP contribution in [0, 0.1) is 17.8 Å². The van der Waals surface area contributed by atoms with Gasteiger partial charge in [0.15, 0.2) is 0 Å². The summed E-state index contributed by atoms with van der Waals surface area (Å²) >= 11 is 0. The van der Waals surface area contributed by atoms with Crippen LogP contribution >= 0.6 is 0 Å². The molecule has 1 rings (SSSR count). The Labute approximate surface area is 292 Å². The number of hydrogen-bond acceptors (Lipinski definition) is 8. The van der Waals surface area contributed by atoms with E-state index in [1.165, 1.54) is 57.8 Å². The van der Waals surface area contributed by atoms with E-state index >= 15 is 0 Å². The third-order valence-electron chi connectivity index (χ3n) is 9.24. The van der Waals surface area contributed by atoms with Gasteiger partial charge in [-0.3, -0.25) is 14.4 Å². The minimum Gasteiger partial charge on any atom is -0.463 e. The van der Waals surface area contributed by atoms with Crippen molar-refractivity contribution in [2.24, 2.45) is 17.8 Å². The lowest BCUT2D eigenvalue weighted by Crippen LogP contribution is -2.25. The van der Waals surface area contributed by atoms with Crippen LogP contribution in [-0.2, 0) is 23.9 Å². The van der Waals surface area contributed by atoms with Gasteiger partial charge in [-0.1, -0.05) is 135 Å². The molecule has 3 N–H and O–H groups in total. The quantitative estimate of drug-likeness (QED) is 0.0393. The summed E-state index contributed by atoms with van der Waals surface area (Å²) in [5.41, 5.74) is 0. The molecule has 0 aliphatic heterocycles. The third-order valence-corrected chi connectivity index (χ3v) is 9.24. The molecule has 0 amide bonds. The van der Waals surface area contributed by atoms with Gasteiger partial charge in [0, 0.05) is 31.1 Å². The first-order valence-corrected chi connectivity index (χ1v) is 19.3. The van der Waals surface area contributed by atoms with Gasteiger partial charge in [0.2, 0.25) is 0 Å². The molecule has 0 saturated heterocycles. The standard InChI is InChI=1S/C40H70O8/c1-4-5-17-23-33(41)27-28-36-35(37(43)29-38(36)44)24-19-15-16-21-26-40(46)48-31-34(42)30-47-39(45)25-20-14-12-10-8-6-7-9-11-13-18-22-32(2)3/h15,19,27-28,32-36,38,41-42,44H,4-14,16-18,20-26,29-31H2,1-3H3/b19-15-,28-27+/t33-,34+,35+,36+,38+/m0/s1. The number of ketones is 1. The Balaban J connectivity index is 2.06. The molecular formula is C40H70O8. The Morgan fingerprint density at radius 1 is 0.771 bits per heavy atom. The van der Waals surface area contributed by atoms with Crippen molar-refractivity contribution in [2.75, 3.05) is 13.2 Å². The topological polar surface area (TPSA) is 130 Å². The zero-order chi connectivity index (χ0) is 35.4. The first-order valence-electron chi connectivity index (χ1n) is 19.3. The summed E-state index contributed by atoms with van der Waals surface area (Å²) in [5.74, 6) is -0.516. The van der Waals surface area contributed by atoms with Gasteiger partial charge in [-0.25, -0.2) is 0 Å². The van der Waals surface area contributed by atoms with Gasteiger partial charge < -0.3 is 24.8 Å². The molecule has 0 aromatic carbocycles. The van der Waals surface area contributed by atoms with Gasteiger partial charge >= 0.3 is 11.9 Å². The predicted octanol–water partition coefficient (Wildman–Crippen LogP) is 8.34. The molecule has 48 heavy (non-hydrogen) atoms. The summed E-state index contributed by atoms with van der Waals surface area (Å²) in [6.45, 7) is 6.29. The Morgan fingerprint density at radius 3 is 1.90 bits per heavy atom. The second kappa shape index (κ2) is 28.8. The minimum absolute atomic E-state index is 0.0319. The van der Waals surface area contributed by atoms with E-state index < -0.39 is 24.3 Å². The van der Waals surface area contributed by atoms with E-state index in [0.29, 0.717) is 32.1 Å². The van der Waals surface area contributed by atoms with Crippen LogP contribution in [0.4, 0.5) is 0 Å². The van der Waals surface area contributed by atoms with E-state index in [4.69, 9.17) is 9.47 Å². The highest BCUT2D eigenvalue weighted by Gasteiger charge is 2.39. The van der Waals surface area contributed by atoms with Gasteiger partial charge in [-0.15, -0.1) is 0 Å². The van der Waals surface area contributed by atoms with Crippen LogP contribution < -0.4 is 0 Å². The smallest absolute Gasteiger partial charge is 0.305 e. The SMILES string of the molecule is CCCCC[C@H](O)/C=C/[C@H]1[C@H](O)CC(=O)[C@@H]1C/C=C\CCCC(=O)OC[C@H](O)COC(=O)CCCCCCCCCCCCCC(C)C. The predicted molar refractivity (Wildman–Crippen MR) is 192 cm³/mol. The van der Waals surface area contributed by atoms with Crippen molar-refractivity contribution < 1.29 is 39.2 Å². The van der Waals surface area contributed by atoms with Crippen molar-refractivity contribution in [3.63, 3.8) is 0 Å². The second-order valence-corrected chi connectivity index (χ2v) is 14.3. The van der Waals surface area contributed by atoms with Crippen LogP contribution in [-0.4, -0.2) is 64.6 Å². The number of carbonyl (C=O) groups is 3. The molecule has 0 unspecified atom stereocenters. The van der Waals surface area contributed by atoms with Crippen LogP contribution in [0.2, 0.25) is 0 Å². The number of aliphatic hydroxyl groups excluding tert-OH is 3. The van der Waals surface area contributed by atoms with Crippen molar-refractivity contribution >= 4 is 17.7 Å². The molecule has 8 nitrogen and oxygen atoms in total. The average Bonchev–Trinajstić information content (AvgIpc) is 3.32. The van der Waals surface area contributed by atoms with Crippen molar-refractivity contribution in [3.8, 4) is 0 Å². The minimum atomic E-state index is -1.05. The number of rotatable bonds is 30. The molecule has 1 fully saturated rings. The van der Waals surface area contributed by atoms with Gasteiger partial charge in [0.25, 0.3) is 0 Å². The Hall–Kier alpha value is -2.03. The van der Waals surface area contributed by atoms with Gasteiger partial charge in [-0.2, -0.15) is 0 Å². The Bertz CT molecular complexity index is 898. The van der Waals surface area contributed by atoms with E-state index in [0.717, 1.165) is 44.4 Å². The Morgan fingerprint density at radius 2 is 1.31 bits per heavy atom. The third kappa shape index (κ3) is 23.3. The summed E-state index contributed by atoms with van der Waals surface area (Å²) < 4.78 is 10.3. The summed E-state index contributed by atoms with van der Waals surface area (Å²) in [6.07, 6.45) is 26.0.